The number of anilines is 1. The molecule has 0 unspecified atom stereocenters. The zero-order chi connectivity index (χ0) is 15.8. The number of aromatic nitrogens is 4. The van der Waals surface area contributed by atoms with E-state index in [2.05, 4.69) is 31.0 Å². The van der Waals surface area contributed by atoms with Gasteiger partial charge >= 0.3 is 5.69 Å². The van der Waals surface area contributed by atoms with Crippen molar-refractivity contribution in [2.45, 2.75) is 6.42 Å². The van der Waals surface area contributed by atoms with E-state index >= 15 is 0 Å². The van der Waals surface area contributed by atoms with E-state index in [9.17, 15) is 14.4 Å². The molecule has 2 aromatic heterocycles. The number of hydrogen-bond donors (Lipinski definition) is 4. The summed E-state index contributed by atoms with van der Waals surface area (Å²) in [5.41, 5.74) is 1.74. The van der Waals surface area contributed by atoms with Gasteiger partial charge in [0.15, 0.2) is 0 Å². The molecule has 4 N–H and O–H groups in total. The quantitative estimate of drug-likeness (QED) is 0.390. The Morgan fingerprint density at radius 2 is 2.27 bits per heavy atom. The molecule has 0 saturated carbocycles. The summed E-state index contributed by atoms with van der Waals surface area (Å²) in [5.74, 6) is -0.403. The van der Waals surface area contributed by atoms with Crippen LogP contribution in [0.3, 0.4) is 0 Å². The van der Waals surface area contributed by atoms with Crippen LogP contribution in [0, 0.1) is 0 Å². The van der Waals surface area contributed by atoms with Gasteiger partial charge in [-0.05, 0) is 6.07 Å². The van der Waals surface area contributed by atoms with Crippen LogP contribution in [0.5, 0.6) is 0 Å². The molecular weight excluding hydrogens is 290 g/mol. The highest BCUT2D eigenvalue weighted by Gasteiger charge is 2.03. The molecule has 0 radical (unpaired) electrons. The lowest BCUT2D eigenvalue weighted by atomic mass is 10.3. The Bertz CT molecular complexity index is 766. The molecule has 114 valence electrons. The molecule has 0 saturated heterocycles. The van der Waals surface area contributed by atoms with Gasteiger partial charge in [-0.2, -0.15) is 5.10 Å². The number of carbonyl (C=O) groups excluding carboxylic acids is 1. The number of amides is 1. The van der Waals surface area contributed by atoms with Crippen molar-refractivity contribution in [3.63, 3.8) is 0 Å². The molecule has 0 aliphatic carbocycles. The molecule has 0 spiro atoms. The number of nitrogens with zero attached hydrogens (tertiary/aromatic N) is 3. The molecule has 2 heterocycles. The van der Waals surface area contributed by atoms with Gasteiger partial charge in [0.05, 0.1) is 6.21 Å². The largest absolute Gasteiger partial charge is 0.364 e. The predicted octanol–water partition coefficient (Wildman–Crippen LogP) is -1.19. The maximum Gasteiger partial charge on any atom is 0.342 e. The van der Waals surface area contributed by atoms with Crippen LogP contribution in [-0.2, 0) is 4.79 Å². The lowest BCUT2D eigenvalue weighted by Crippen LogP contribution is -2.28. The van der Waals surface area contributed by atoms with E-state index in [4.69, 9.17) is 0 Å². The molecule has 0 aliphatic rings. The number of hydrazone groups is 1. The molecule has 2 aromatic rings. The van der Waals surface area contributed by atoms with Gasteiger partial charge in [0, 0.05) is 30.9 Å². The van der Waals surface area contributed by atoms with Crippen molar-refractivity contribution in [1.82, 2.24) is 25.6 Å². The number of H-pyrrole nitrogens is 2. The molecule has 0 aliphatic heterocycles. The number of aromatic amines is 2. The molecule has 10 heteroatoms. The third-order valence-corrected chi connectivity index (χ3v) is 2.44. The molecule has 0 fully saturated rings. The Balaban J connectivity index is 1.75. The average Bonchev–Trinajstić information content (AvgIpc) is 2.50. The maximum absolute atomic E-state index is 11.5. The second-order valence-corrected chi connectivity index (χ2v) is 4.11. The SMILES string of the molecule is O=C(CCNc1n[nH]c(=O)[nH]c1=O)N/N=C\c1cccnc1. The second-order valence-electron chi connectivity index (χ2n) is 4.11. The Hall–Kier alpha value is -3.30. The normalized spacial score (nSPS) is 10.5. The predicted molar refractivity (Wildman–Crippen MR) is 78.6 cm³/mol. The standard InChI is InChI=1S/C12H13N7O3/c20-9(17-15-7-8-2-1-4-13-6-8)3-5-14-10-11(21)16-12(22)19-18-10/h1-2,4,6-7H,3,5H2,(H,14,18)(H,17,20)(H2,16,19,21,22)/b15-7-. The van der Waals surface area contributed by atoms with Gasteiger partial charge in [0.1, 0.15) is 0 Å². The summed E-state index contributed by atoms with van der Waals surface area (Å²) in [6, 6.07) is 3.54. The zero-order valence-electron chi connectivity index (χ0n) is 11.4. The molecule has 1 amide bonds. The van der Waals surface area contributed by atoms with Crippen molar-refractivity contribution in [3.05, 3.63) is 50.9 Å². The average molecular weight is 303 g/mol. The highest BCUT2D eigenvalue weighted by molar-refractivity contribution is 5.82. The smallest absolute Gasteiger partial charge is 0.342 e. The van der Waals surface area contributed by atoms with E-state index in [0.717, 1.165) is 5.56 Å². The Morgan fingerprint density at radius 1 is 1.41 bits per heavy atom. The zero-order valence-corrected chi connectivity index (χ0v) is 11.4. The van der Waals surface area contributed by atoms with Gasteiger partial charge < -0.3 is 5.32 Å². The summed E-state index contributed by atoms with van der Waals surface area (Å²) in [7, 11) is 0. The first-order valence-corrected chi connectivity index (χ1v) is 6.30. The summed E-state index contributed by atoms with van der Waals surface area (Å²) in [6.07, 6.45) is 4.77. The Morgan fingerprint density at radius 3 is 3.00 bits per heavy atom. The van der Waals surface area contributed by atoms with Crippen molar-refractivity contribution in [2.75, 3.05) is 11.9 Å². The molecule has 0 atom stereocenters. The van der Waals surface area contributed by atoms with E-state index in [1.165, 1.54) is 6.21 Å². The number of nitrogens with one attached hydrogen (secondary N) is 4. The number of rotatable bonds is 6. The van der Waals surface area contributed by atoms with E-state index in [0.29, 0.717) is 0 Å². The minimum absolute atomic E-state index is 0.0636. The summed E-state index contributed by atoms with van der Waals surface area (Å²) in [4.78, 5) is 39.5. The molecule has 0 bridgehead atoms. The number of pyridine rings is 1. The maximum atomic E-state index is 11.5. The van der Waals surface area contributed by atoms with Gasteiger partial charge in [0.2, 0.25) is 11.7 Å². The molecular formula is C12H13N7O3. The number of carbonyl (C=O) groups is 1. The monoisotopic (exact) mass is 303 g/mol. The van der Waals surface area contributed by atoms with Crippen molar-refractivity contribution in [2.24, 2.45) is 5.10 Å². The molecule has 0 aromatic carbocycles. The number of hydrogen-bond acceptors (Lipinski definition) is 7. The van der Waals surface area contributed by atoms with E-state index in [1.807, 2.05) is 4.98 Å². The third-order valence-electron chi connectivity index (χ3n) is 2.44. The van der Waals surface area contributed by atoms with Crippen molar-refractivity contribution >= 4 is 17.9 Å². The molecule has 2 rings (SSSR count). The van der Waals surface area contributed by atoms with Crippen molar-refractivity contribution in [1.29, 1.82) is 0 Å². The van der Waals surface area contributed by atoms with Crippen LogP contribution in [0.1, 0.15) is 12.0 Å². The van der Waals surface area contributed by atoms with Crippen molar-refractivity contribution < 1.29 is 4.79 Å². The highest BCUT2D eigenvalue weighted by atomic mass is 16.2. The van der Waals surface area contributed by atoms with E-state index < -0.39 is 11.2 Å². The van der Waals surface area contributed by atoms with Crippen LogP contribution in [0.25, 0.3) is 0 Å². The van der Waals surface area contributed by atoms with Crippen LogP contribution < -0.4 is 22.0 Å². The fourth-order valence-electron chi connectivity index (χ4n) is 1.45. The van der Waals surface area contributed by atoms with Gasteiger partial charge in [0.25, 0.3) is 5.56 Å². The Kier molecular flexibility index (Phi) is 5.13. The Labute approximate surface area is 123 Å². The molecule has 22 heavy (non-hydrogen) atoms. The lowest BCUT2D eigenvalue weighted by molar-refractivity contribution is -0.120. The minimum atomic E-state index is -0.696. The van der Waals surface area contributed by atoms with Crippen LogP contribution in [-0.4, -0.2) is 38.8 Å². The third kappa shape index (κ3) is 4.67. The van der Waals surface area contributed by atoms with Gasteiger partial charge in [-0.15, -0.1) is 5.10 Å². The first-order valence-electron chi connectivity index (χ1n) is 6.30. The van der Waals surface area contributed by atoms with E-state index in [1.54, 1.807) is 24.5 Å². The van der Waals surface area contributed by atoms with Crippen LogP contribution in [0.2, 0.25) is 0 Å². The van der Waals surface area contributed by atoms with E-state index in [-0.39, 0.29) is 24.7 Å². The van der Waals surface area contributed by atoms with Crippen LogP contribution in [0.15, 0.2) is 39.2 Å². The van der Waals surface area contributed by atoms with Crippen LogP contribution in [0.4, 0.5) is 5.82 Å². The summed E-state index contributed by atoms with van der Waals surface area (Å²) < 4.78 is 0. The summed E-state index contributed by atoms with van der Waals surface area (Å²) in [5, 5.41) is 12.0. The first kappa shape index (κ1) is 15.1. The highest BCUT2D eigenvalue weighted by Crippen LogP contribution is 1.91. The summed E-state index contributed by atoms with van der Waals surface area (Å²) in [6.45, 7) is 0.163. The lowest BCUT2D eigenvalue weighted by Gasteiger charge is -2.02. The fraction of sp³-hybridized carbons (Fsp3) is 0.167. The topological polar surface area (TPSA) is 145 Å². The first-order chi connectivity index (χ1) is 10.6. The van der Waals surface area contributed by atoms with Crippen molar-refractivity contribution in [3.8, 4) is 0 Å². The van der Waals surface area contributed by atoms with Gasteiger partial charge in [-0.3, -0.25) is 19.6 Å². The minimum Gasteiger partial charge on any atom is -0.364 e. The summed E-state index contributed by atoms with van der Waals surface area (Å²) >= 11 is 0. The second kappa shape index (κ2) is 7.47. The molecule has 10 nitrogen and oxygen atoms in total. The van der Waals surface area contributed by atoms with Gasteiger partial charge in [-0.1, -0.05) is 6.07 Å². The van der Waals surface area contributed by atoms with Crippen LogP contribution >= 0.6 is 0 Å². The van der Waals surface area contributed by atoms with Gasteiger partial charge in [-0.25, -0.2) is 15.3 Å². The fourth-order valence-corrected chi connectivity index (χ4v) is 1.45.